The van der Waals surface area contributed by atoms with Gasteiger partial charge >= 0.3 is 0 Å². The molecule has 2 rings (SSSR count). The zero-order valence-electron chi connectivity index (χ0n) is 10.8. The Morgan fingerprint density at radius 2 is 2.24 bits per heavy atom. The molecule has 112 valence electrons. The van der Waals surface area contributed by atoms with Gasteiger partial charge in [0.1, 0.15) is 5.69 Å². The van der Waals surface area contributed by atoms with Gasteiger partial charge in [0.2, 0.25) is 5.91 Å². The fourth-order valence-electron chi connectivity index (χ4n) is 2.11. The first-order valence-electron chi connectivity index (χ1n) is 5.90. The first kappa shape index (κ1) is 16.3. The van der Waals surface area contributed by atoms with Crippen molar-refractivity contribution in [1.82, 2.24) is 0 Å². The lowest BCUT2D eigenvalue weighted by Gasteiger charge is -2.17. The number of anilines is 1. The molecule has 21 heavy (non-hydrogen) atoms. The number of nitro groups is 1. The van der Waals surface area contributed by atoms with Crippen LogP contribution in [-0.4, -0.2) is 27.7 Å². The van der Waals surface area contributed by atoms with Gasteiger partial charge in [-0.05, 0) is 22.0 Å². The van der Waals surface area contributed by atoms with Crippen molar-refractivity contribution in [3.63, 3.8) is 0 Å². The SMILES string of the molecule is CC(=O)SC1CC(=O)N(c2cc(Cl)c(Br)cc2[N+](=O)[O-])C1. The van der Waals surface area contributed by atoms with Crippen LogP contribution in [0.1, 0.15) is 13.3 Å². The quantitative estimate of drug-likeness (QED) is 0.581. The maximum absolute atomic E-state index is 12.1. The molecule has 9 heteroatoms. The highest BCUT2D eigenvalue weighted by molar-refractivity contribution is 9.10. The number of benzene rings is 1. The molecule has 1 amide bonds. The van der Waals surface area contributed by atoms with E-state index in [1.54, 1.807) is 0 Å². The van der Waals surface area contributed by atoms with Gasteiger partial charge in [-0.25, -0.2) is 0 Å². The molecule has 0 aromatic heterocycles. The Morgan fingerprint density at radius 3 is 2.81 bits per heavy atom. The van der Waals surface area contributed by atoms with Crippen LogP contribution in [0.25, 0.3) is 0 Å². The summed E-state index contributed by atoms with van der Waals surface area (Å²) in [4.78, 5) is 35.1. The number of halogens is 2. The second-order valence-corrected chi connectivity index (χ2v) is 7.19. The van der Waals surface area contributed by atoms with Crippen molar-refractivity contribution in [2.45, 2.75) is 18.6 Å². The summed E-state index contributed by atoms with van der Waals surface area (Å²) in [5, 5.41) is 11.2. The summed E-state index contributed by atoms with van der Waals surface area (Å²) < 4.78 is 0.390. The van der Waals surface area contributed by atoms with E-state index >= 15 is 0 Å². The fraction of sp³-hybridized carbons (Fsp3) is 0.333. The highest BCUT2D eigenvalue weighted by Gasteiger charge is 2.35. The van der Waals surface area contributed by atoms with Crippen LogP contribution < -0.4 is 4.90 Å². The zero-order chi connectivity index (χ0) is 15.7. The van der Waals surface area contributed by atoms with Crippen LogP contribution in [0.3, 0.4) is 0 Å². The maximum atomic E-state index is 12.1. The third-order valence-corrected chi connectivity index (χ3v) is 5.11. The van der Waals surface area contributed by atoms with Crippen molar-refractivity contribution < 1.29 is 14.5 Å². The molecule has 0 aliphatic carbocycles. The van der Waals surface area contributed by atoms with Gasteiger partial charge in [-0.1, -0.05) is 23.4 Å². The van der Waals surface area contributed by atoms with Crippen molar-refractivity contribution in [1.29, 1.82) is 0 Å². The van der Waals surface area contributed by atoms with E-state index in [9.17, 15) is 19.7 Å². The molecule has 0 saturated carbocycles. The normalized spacial score (nSPS) is 18.1. The van der Waals surface area contributed by atoms with Crippen LogP contribution in [0.15, 0.2) is 16.6 Å². The molecule has 0 radical (unpaired) electrons. The Kier molecular flexibility index (Phi) is 4.90. The fourth-order valence-corrected chi connectivity index (χ4v) is 3.52. The number of amides is 1. The number of carbonyl (C=O) groups excluding carboxylic acids is 2. The molecule has 1 unspecified atom stereocenters. The predicted molar refractivity (Wildman–Crippen MR) is 84.8 cm³/mol. The summed E-state index contributed by atoms with van der Waals surface area (Å²) in [6, 6.07) is 2.67. The Balaban J connectivity index is 2.37. The monoisotopic (exact) mass is 392 g/mol. The highest BCUT2D eigenvalue weighted by Crippen LogP contribution is 2.39. The summed E-state index contributed by atoms with van der Waals surface area (Å²) in [6.07, 6.45) is 0.176. The first-order chi connectivity index (χ1) is 9.79. The lowest BCUT2D eigenvalue weighted by molar-refractivity contribution is -0.384. The van der Waals surface area contributed by atoms with Crippen LogP contribution >= 0.6 is 39.3 Å². The van der Waals surface area contributed by atoms with Crippen LogP contribution in [0.5, 0.6) is 0 Å². The van der Waals surface area contributed by atoms with E-state index < -0.39 is 4.92 Å². The van der Waals surface area contributed by atoms with Gasteiger partial charge in [0.25, 0.3) is 5.69 Å². The van der Waals surface area contributed by atoms with E-state index in [4.69, 9.17) is 11.6 Å². The lowest BCUT2D eigenvalue weighted by Crippen LogP contribution is -2.25. The minimum atomic E-state index is -0.560. The first-order valence-corrected chi connectivity index (χ1v) is 7.95. The van der Waals surface area contributed by atoms with Crippen LogP contribution in [0.2, 0.25) is 5.02 Å². The molecule has 1 aromatic rings. The molecule has 1 saturated heterocycles. The van der Waals surface area contributed by atoms with Gasteiger partial charge in [-0.15, -0.1) is 0 Å². The van der Waals surface area contributed by atoms with Crippen molar-refractivity contribution in [3.05, 3.63) is 31.7 Å². The largest absolute Gasteiger partial charge is 0.305 e. The van der Waals surface area contributed by atoms with Crippen molar-refractivity contribution in [2.24, 2.45) is 0 Å². The second-order valence-electron chi connectivity index (χ2n) is 4.45. The summed E-state index contributed by atoms with van der Waals surface area (Å²) in [5.74, 6) is -0.254. The standard InChI is InChI=1S/C12H10BrClN2O4S/c1-6(17)21-7-2-12(18)15(5-7)10-4-9(14)8(13)3-11(10)16(19)20/h3-4,7H,2,5H2,1H3. The number of carbonyl (C=O) groups is 2. The smallest absolute Gasteiger partial charge is 0.294 e. The molecular formula is C12H10BrClN2O4S. The molecule has 1 aliphatic heterocycles. The minimum absolute atomic E-state index is 0.0852. The molecule has 6 nitrogen and oxygen atoms in total. The average Bonchev–Trinajstić information content (AvgIpc) is 2.71. The number of rotatable bonds is 3. The van der Waals surface area contributed by atoms with Crippen LogP contribution in [0, 0.1) is 10.1 Å². The molecule has 1 aromatic carbocycles. The van der Waals surface area contributed by atoms with Crippen molar-refractivity contribution >= 4 is 61.7 Å². The van der Waals surface area contributed by atoms with Gasteiger partial charge < -0.3 is 4.90 Å². The molecular weight excluding hydrogens is 384 g/mol. The van der Waals surface area contributed by atoms with E-state index in [0.717, 1.165) is 11.8 Å². The Hall–Kier alpha value is -1.12. The second kappa shape index (κ2) is 6.33. The number of hydrogen-bond acceptors (Lipinski definition) is 5. The number of nitrogens with zero attached hydrogens (tertiary/aromatic N) is 2. The Morgan fingerprint density at radius 1 is 1.57 bits per heavy atom. The van der Waals surface area contributed by atoms with Gasteiger partial charge in [-0.3, -0.25) is 19.7 Å². The van der Waals surface area contributed by atoms with E-state index in [-0.39, 0.29) is 45.6 Å². The minimum Gasteiger partial charge on any atom is -0.305 e. The molecule has 1 heterocycles. The molecule has 1 aliphatic rings. The number of thioether (sulfide) groups is 1. The van der Waals surface area contributed by atoms with Crippen LogP contribution in [0.4, 0.5) is 11.4 Å². The van der Waals surface area contributed by atoms with Gasteiger partial charge in [-0.2, -0.15) is 0 Å². The average molecular weight is 394 g/mol. The zero-order valence-corrected chi connectivity index (χ0v) is 14.0. The number of nitro benzene ring substituents is 1. The topological polar surface area (TPSA) is 80.5 Å². The van der Waals surface area contributed by atoms with E-state index in [0.29, 0.717) is 4.47 Å². The van der Waals surface area contributed by atoms with Gasteiger partial charge in [0.05, 0.1) is 9.95 Å². The predicted octanol–water partition coefficient (Wildman–Crippen LogP) is 3.40. The molecule has 1 atom stereocenters. The molecule has 0 spiro atoms. The van der Waals surface area contributed by atoms with Gasteiger partial charge in [0.15, 0.2) is 5.12 Å². The summed E-state index contributed by atoms with van der Waals surface area (Å²) in [6.45, 7) is 1.68. The molecule has 0 bridgehead atoms. The third-order valence-electron chi connectivity index (χ3n) is 2.93. The molecule has 0 N–H and O–H groups in total. The van der Waals surface area contributed by atoms with E-state index in [1.807, 2.05) is 0 Å². The van der Waals surface area contributed by atoms with E-state index in [1.165, 1.54) is 24.0 Å². The van der Waals surface area contributed by atoms with E-state index in [2.05, 4.69) is 15.9 Å². The Bertz CT molecular complexity index is 640. The highest BCUT2D eigenvalue weighted by atomic mass is 79.9. The van der Waals surface area contributed by atoms with Gasteiger partial charge in [0, 0.05) is 35.7 Å². The summed E-state index contributed by atoms with van der Waals surface area (Å²) in [5.41, 5.74) is -0.0436. The maximum Gasteiger partial charge on any atom is 0.294 e. The Labute approximate surface area is 138 Å². The summed E-state index contributed by atoms with van der Waals surface area (Å²) >= 11 is 10.2. The number of hydrogen-bond donors (Lipinski definition) is 0. The van der Waals surface area contributed by atoms with Crippen molar-refractivity contribution in [2.75, 3.05) is 11.4 Å². The van der Waals surface area contributed by atoms with Crippen molar-refractivity contribution in [3.8, 4) is 0 Å². The third kappa shape index (κ3) is 3.56. The molecule has 1 fully saturated rings. The summed E-state index contributed by atoms with van der Waals surface area (Å²) in [7, 11) is 0. The lowest BCUT2D eigenvalue weighted by atomic mass is 10.2. The van der Waals surface area contributed by atoms with Crippen LogP contribution in [-0.2, 0) is 9.59 Å².